The molecule has 0 aromatic heterocycles. The van der Waals surface area contributed by atoms with Crippen molar-refractivity contribution in [2.75, 3.05) is 32.7 Å². The van der Waals surface area contributed by atoms with Crippen LogP contribution in [0.3, 0.4) is 0 Å². The maximum absolute atomic E-state index is 5.51. The molecule has 0 rings (SSSR count). The molecular weight excluding hydrogens is 174 g/mol. The Morgan fingerprint density at radius 2 is 1.29 bits per heavy atom. The van der Waals surface area contributed by atoms with Gasteiger partial charge in [0.05, 0.1) is 0 Å². The fourth-order valence-electron chi connectivity index (χ4n) is 1.55. The maximum Gasteiger partial charge on any atom is -0.000671 e. The third-order valence-corrected chi connectivity index (χ3v) is 2.43. The van der Waals surface area contributed by atoms with E-state index in [0.717, 1.165) is 39.0 Å². The van der Waals surface area contributed by atoms with Crippen LogP contribution < -0.4 is 11.5 Å². The topological polar surface area (TPSA) is 55.3 Å². The fraction of sp³-hybridized carbons (Fsp3) is 1.00. The number of hydrogen-bond donors (Lipinski definition) is 2. The molecule has 0 bridgehead atoms. The van der Waals surface area contributed by atoms with Crippen molar-refractivity contribution in [1.82, 2.24) is 4.90 Å². The summed E-state index contributed by atoms with van der Waals surface area (Å²) in [7, 11) is 0. The molecule has 0 aromatic rings. The Morgan fingerprint density at radius 3 is 1.71 bits per heavy atom. The zero-order valence-corrected chi connectivity index (χ0v) is 9.67. The summed E-state index contributed by atoms with van der Waals surface area (Å²) in [4.78, 5) is 2.50. The van der Waals surface area contributed by atoms with Gasteiger partial charge in [0.25, 0.3) is 0 Å². The van der Waals surface area contributed by atoms with Crippen LogP contribution in [0.25, 0.3) is 0 Å². The van der Waals surface area contributed by atoms with E-state index in [1.807, 2.05) is 0 Å². The van der Waals surface area contributed by atoms with Crippen LogP contribution in [0.1, 0.15) is 39.0 Å². The van der Waals surface area contributed by atoms with E-state index in [1.54, 1.807) is 0 Å². The van der Waals surface area contributed by atoms with Crippen LogP contribution in [0.2, 0.25) is 0 Å². The highest BCUT2D eigenvalue weighted by atomic mass is 15.1. The lowest BCUT2D eigenvalue weighted by molar-refractivity contribution is 0.264. The van der Waals surface area contributed by atoms with Gasteiger partial charge in [0.2, 0.25) is 0 Å². The molecule has 0 saturated heterocycles. The van der Waals surface area contributed by atoms with Gasteiger partial charge in [-0.3, -0.25) is 0 Å². The molecule has 4 N–H and O–H groups in total. The average molecular weight is 201 g/mol. The molecule has 0 radical (unpaired) electrons. The first-order valence-electron chi connectivity index (χ1n) is 5.97. The van der Waals surface area contributed by atoms with Gasteiger partial charge in [0.15, 0.2) is 0 Å². The van der Waals surface area contributed by atoms with Gasteiger partial charge in [-0.2, -0.15) is 0 Å². The molecule has 0 amide bonds. The summed E-state index contributed by atoms with van der Waals surface area (Å²) in [5, 5.41) is 0. The molecule has 3 heteroatoms. The van der Waals surface area contributed by atoms with Crippen molar-refractivity contribution in [2.45, 2.75) is 39.0 Å². The summed E-state index contributed by atoms with van der Waals surface area (Å²) >= 11 is 0. The van der Waals surface area contributed by atoms with E-state index in [9.17, 15) is 0 Å². The molecule has 0 saturated carbocycles. The molecule has 3 nitrogen and oxygen atoms in total. The summed E-state index contributed by atoms with van der Waals surface area (Å²) in [6.07, 6.45) is 6.16. The first-order valence-corrected chi connectivity index (χ1v) is 5.97. The van der Waals surface area contributed by atoms with Gasteiger partial charge >= 0.3 is 0 Å². The predicted octanol–water partition coefficient (Wildman–Crippen LogP) is 1.18. The van der Waals surface area contributed by atoms with Crippen LogP contribution in [0.4, 0.5) is 0 Å². The van der Waals surface area contributed by atoms with Crippen molar-refractivity contribution in [3.63, 3.8) is 0 Å². The highest BCUT2D eigenvalue weighted by molar-refractivity contribution is 4.59. The Bertz CT molecular complexity index is 98.7. The van der Waals surface area contributed by atoms with E-state index < -0.39 is 0 Å². The van der Waals surface area contributed by atoms with E-state index in [0.29, 0.717) is 0 Å². The minimum Gasteiger partial charge on any atom is -0.330 e. The van der Waals surface area contributed by atoms with Crippen molar-refractivity contribution in [1.29, 1.82) is 0 Å². The molecule has 0 aliphatic carbocycles. The first kappa shape index (κ1) is 13.9. The van der Waals surface area contributed by atoms with Crippen molar-refractivity contribution < 1.29 is 0 Å². The summed E-state index contributed by atoms with van der Waals surface area (Å²) in [5.41, 5.74) is 11.0. The van der Waals surface area contributed by atoms with Crippen LogP contribution in [0, 0.1) is 0 Å². The third kappa shape index (κ3) is 8.48. The molecule has 0 aromatic carbocycles. The lowest BCUT2D eigenvalue weighted by Gasteiger charge is -2.21. The summed E-state index contributed by atoms with van der Waals surface area (Å²) < 4.78 is 0. The van der Waals surface area contributed by atoms with E-state index in [2.05, 4.69) is 11.8 Å². The predicted molar refractivity (Wildman–Crippen MR) is 63.3 cm³/mol. The Labute approximate surface area is 88.8 Å². The quantitative estimate of drug-likeness (QED) is 0.522. The standard InChI is InChI=1S/C11H27N3/c1-2-3-4-9-14(10-5-7-12)11-6-8-13/h2-13H2,1H3. The minimum atomic E-state index is 0.799. The van der Waals surface area contributed by atoms with Gasteiger partial charge in [-0.15, -0.1) is 0 Å². The van der Waals surface area contributed by atoms with E-state index in [1.165, 1.54) is 25.8 Å². The Kier molecular flexibility index (Phi) is 10.9. The van der Waals surface area contributed by atoms with Crippen LogP contribution in [0.15, 0.2) is 0 Å². The minimum absolute atomic E-state index is 0.799. The normalized spacial score (nSPS) is 11.1. The van der Waals surface area contributed by atoms with Crippen molar-refractivity contribution in [2.24, 2.45) is 11.5 Å². The van der Waals surface area contributed by atoms with Crippen molar-refractivity contribution in [3.8, 4) is 0 Å². The number of unbranched alkanes of at least 4 members (excludes halogenated alkanes) is 2. The summed E-state index contributed by atoms with van der Waals surface area (Å²) in [6, 6.07) is 0. The Morgan fingerprint density at radius 1 is 0.786 bits per heavy atom. The molecule has 0 spiro atoms. The third-order valence-electron chi connectivity index (χ3n) is 2.43. The molecule has 0 aliphatic rings. The lowest BCUT2D eigenvalue weighted by atomic mass is 10.2. The van der Waals surface area contributed by atoms with Gasteiger partial charge in [-0.1, -0.05) is 19.8 Å². The van der Waals surface area contributed by atoms with Gasteiger partial charge < -0.3 is 16.4 Å². The largest absolute Gasteiger partial charge is 0.330 e. The highest BCUT2D eigenvalue weighted by Gasteiger charge is 2.02. The van der Waals surface area contributed by atoms with Gasteiger partial charge in [0, 0.05) is 0 Å². The average Bonchev–Trinajstić information content (AvgIpc) is 2.21. The zero-order valence-electron chi connectivity index (χ0n) is 9.67. The molecule has 14 heavy (non-hydrogen) atoms. The summed E-state index contributed by atoms with van der Waals surface area (Å²) in [5.74, 6) is 0. The number of nitrogens with zero attached hydrogens (tertiary/aromatic N) is 1. The highest BCUT2D eigenvalue weighted by Crippen LogP contribution is 2.00. The monoisotopic (exact) mass is 201 g/mol. The Balaban J connectivity index is 3.49. The maximum atomic E-state index is 5.51. The van der Waals surface area contributed by atoms with E-state index in [4.69, 9.17) is 11.5 Å². The zero-order chi connectivity index (χ0) is 10.6. The molecule has 86 valence electrons. The van der Waals surface area contributed by atoms with Crippen LogP contribution in [-0.2, 0) is 0 Å². The van der Waals surface area contributed by atoms with E-state index >= 15 is 0 Å². The number of rotatable bonds is 10. The van der Waals surface area contributed by atoms with Gasteiger partial charge in [-0.25, -0.2) is 0 Å². The van der Waals surface area contributed by atoms with Crippen LogP contribution in [0.5, 0.6) is 0 Å². The molecular formula is C11H27N3. The van der Waals surface area contributed by atoms with Crippen molar-refractivity contribution >= 4 is 0 Å². The molecule has 0 fully saturated rings. The second-order valence-electron chi connectivity index (χ2n) is 3.83. The number of hydrogen-bond acceptors (Lipinski definition) is 3. The molecule has 0 unspecified atom stereocenters. The van der Waals surface area contributed by atoms with Gasteiger partial charge in [-0.05, 0) is 52.0 Å². The van der Waals surface area contributed by atoms with Crippen LogP contribution >= 0.6 is 0 Å². The number of nitrogens with two attached hydrogens (primary N) is 2. The van der Waals surface area contributed by atoms with E-state index in [-0.39, 0.29) is 0 Å². The summed E-state index contributed by atoms with van der Waals surface area (Å²) in [6.45, 7) is 7.33. The second kappa shape index (κ2) is 11.0. The lowest BCUT2D eigenvalue weighted by Crippen LogP contribution is -2.29. The van der Waals surface area contributed by atoms with Crippen LogP contribution in [-0.4, -0.2) is 37.6 Å². The van der Waals surface area contributed by atoms with Gasteiger partial charge in [0.1, 0.15) is 0 Å². The smallest absolute Gasteiger partial charge is 0.000671 e. The molecule has 0 atom stereocenters. The SMILES string of the molecule is CCCCCN(CCCN)CCCN. The molecule has 0 aliphatic heterocycles. The fourth-order valence-corrected chi connectivity index (χ4v) is 1.55. The molecule has 0 heterocycles. The Hall–Kier alpha value is -0.120. The first-order chi connectivity index (χ1) is 6.85. The second-order valence-corrected chi connectivity index (χ2v) is 3.83. The van der Waals surface area contributed by atoms with Crippen molar-refractivity contribution in [3.05, 3.63) is 0 Å².